The lowest BCUT2D eigenvalue weighted by Gasteiger charge is -2.30. The number of nitrogens with zero attached hydrogens (tertiary/aromatic N) is 1. The molecule has 1 N–H and O–H groups in total. The van der Waals surface area contributed by atoms with Gasteiger partial charge in [0.1, 0.15) is 11.5 Å². The zero-order valence-corrected chi connectivity index (χ0v) is 9.72. The molecule has 1 fully saturated rings. The Labute approximate surface area is 99.9 Å². The average Bonchev–Trinajstić information content (AvgIpc) is 2.32. The lowest BCUT2D eigenvalue weighted by molar-refractivity contribution is -0.124. The highest BCUT2D eigenvalue weighted by atomic mass is 16.3. The minimum Gasteiger partial charge on any atom is -0.507 e. The molecule has 4 nitrogen and oxygen atoms in total. The Morgan fingerprint density at radius 3 is 2.76 bits per heavy atom. The van der Waals surface area contributed by atoms with Gasteiger partial charge in [-0.05, 0) is 12.1 Å². The van der Waals surface area contributed by atoms with E-state index in [-0.39, 0.29) is 23.4 Å². The van der Waals surface area contributed by atoms with Gasteiger partial charge < -0.3 is 10.0 Å². The van der Waals surface area contributed by atoms with Gasteiger partial charge in [0.25, 0.3) is 5.91 Å². The van der Waals surface area contributed by atoms with Crippen molar-refractivity contribution < 1.29 is 14.7 Å². The number of phenols is 1. The summed E-state index contributed by atoms with van der Waals surface area (Å²) in [6.45, 7) is 2.70. The Morgan fingerprint density at radius 2 is 2.12 bits per heavy atom. The predicted molar refractivity (Wildman–Crippen MR) is 62.8 cm³/mol. The van der Waals surface area contributed by atoms with Crippen molar-refractivity contribution in [2.24, 2.45) is 5.92 Å². The molecule has 1 aromatic rings. The van der Waals surface area contributed by atoms with Crippen molar-refractivity contribution in [1.29, 1.82) is 0 Å². The monoisotopic (exact) mass is 233 g/mol. The van der Waals surface area contributed by atoms with Crippen LogP contribution in [0.25, 0.3) is 0 Å². The van der Waals surface area contributed by atoms with Gasteiger partial charge in [-0.2, -0.15) is 0 Å². The first-order valence-corrected chi connectivity index (χ1v) is 5.69. The summed E-state index contributed by atoms with van der Waals surface area (Å²) in [7, 11) is 0. The molecule has 0 aromatic heterocycles. The summed E-state index contributed by atoms with van der Waals surface area (Å²) in [5.41, 5.74) is 0.300. The minimum absolute atomic E-state index is 0.0120. The van der Waals surface area contributed by atoms with Crippen LogP contribution in [0.5, 0.6) is 5.75 Å². The smallest absolute Gasteiger partial charge is 0.257 e. The van der Waals surface area contributed by atoms with E-state index in [1.807, 2.05) is 6.92 Å². The largest absolute Gasteiger partial charge is 0.507 e. The van der Waals surface area contributed by atoms with Crippen molar-refractivity contribution >= 4 is 11.7 Å². The number of carbonyl (C=O) groups excluding carboxylic acids is 2. The van der Waals surface area contributed by atoms with Crippen LogP contribution in [0.1, 0.15) is 23.7 Å². The number of phenolic OH excluding ortho intramolecular Hbond substituents is 1. The number of hydrogen-bond donors (Lipinski definition) is 1. The molecule has 17 heavy (non-hydrogen) atoms. The summed E-state index contributed by atoms with van der Waals surface area (Å²) in [4.78, 5) is 25.1. The summed E-state index contributed by atoms with van der Waals surface area (Å²) >= 11 is 0. The molecule has 2 rings (SSSR count). The molecular weight excluding hydrogens is 218 g/mol. The van der Waals surface area contributed by atoms with Crippen molar-refractivity contribution in [3.05, 3.63) is 29.8 Å². The number of aromatic hydroxyl groups is 1. The van der Waals surface area contributed by atoms with E-state index in [1.165, 1.54) is 6.07 Å². The zero-order chi connectivity index (χ0) is 12.4. The molecule has 0 spiro atoms. The van der Waals surface area contributed by atoms with E-state index in [2.05, 4.69) is 0 Å². The molecule has 0 saturated carbocycles. The number of benzene rings is 1. The van der Waals surface area contributed by atoms with Crippen molar-refractivity contribution in [1.82, 2.24) is 4.90 Å². The fraction of sp³-hybridized carbons (Fsp3) is 0.385. The number of para-hydroxylation sites is 1. The fourth-order valence-electron chi connectivity index (χ4n) is 2.02. The number of likely N-dealkylation sites (tertiary alicyclic amines) is 1. The minimum atomic E-state index is -0.206. The van der Waals surface area contributed by atoms with E-state index >= 15 is 0 Å². The highest BCUT2D eigenvalue weighted by Crippen LogP contribution is 2.21. The molecule has 1 aromatic carbocycles. The van der Waals surface area contributed by atoms with Crippen LogP contribution in [0.3, 0.4) is 0 Å². The second kappa shape index (κ2) is 4.57. The Morgan fingerprint density at radius 1 is 1.41 bits per heavy atom. The van der Waals surface area contributed by atoms with Gasteiger partial charge in [-0.15, -0.1) is 0 Å². The molecule has 1 unspecified atom stereocenters. The summed E-state index contributed by atoms with van der Waals surface area (Å²) < 4.78 is 0. The van der Waals surface area contributed by atoms with E-state index in [0.717, 1.165) is 0 Å². The molecule has 0 aliphatic carbocycles. The number of piperidine rings is 1. The van der Waals surface area contributed by atoms with Gasteiger partial charge in [-0.3, -0.25) is 9.59 Å². The van der Waals surface area contributed by atoms with Gasteiger partial charge in [0, 0.05) is 25.4 Å². The number of Topliss-reactive ketones (excluding diaryl/α,β-unsaturated/α-hetero) is 1. The van der Waals surface area contributed by atoms with E-state index in [0.29, 0.717) is 25.1 Å². The SMILES string of the molecule is CC1CN(C(=O)c2ccccc2O)CCC1=O. The third-order valence-electron chi connectivity index (χ3n) is 3.09. The maximum Gasteiger partial charge on any atom is 0.257 e. The highest BCUT2D eigenvalue weighted by molar-refractivity contribution is 5.98. The zero-order valence-electron chi connectivity index (χ0n) is 9.72. The van der Waals surface area contributed by atoms with Crippen molar-refractivity contribution in [2.75, 3.05) is 13.1 Å². The first-order chi connectivity index (χ1) is 8.09. The number of hydrogen-bond acceptors (Lipinski definition) is 3. The molecule has 90 valence electrons. The van der Waals surface area contributed by atoms with Gasteiger partial charge in [-0.25, -0.2) is 0 Å². The van der Waals surface area contributed by atoms with Crippen LogP contribution in [0.15, 0.2) is 24.3 Å². The Balaban J connectivity index is 2.16. The molecule has 4 heteroatoms. The second-order valence-corrected chi connectivity index (χ2v) is 4.39. The fourth-order valence-corrected chi connectivity index (χ4v) is 2.02. The van der Waals surface area contributed by atoms with E-state index in [4.69, 9.17) is 0 Å². The maximum atomic E-state index is 12.1. The van der Waals surface area contributed by atoms with Crippen LogP contribution in [0.4, 0.5) is 0 Å². The van der Waals surface area contributed by atoms with Gasteiger partial charge >= 0.3 is 0 Å². The molecule has 1 aliphatic rings. The van der Waals surface area contributed by atoms with Crippen LogP contribution < -0.4 is 0 Å². The van der Waals surface area contributed by atoms with Crippen LogP contribution in [-0.2, 0) is 4.79 Å². The summed E-state index contributed by atoms with van der Waals surface area (Å²) in [5.74, 6) is -0.130. The van der Waals surface area contributed by atoms with Gasteiger partial charge in [0.15, 0.2) is 0 Å². The first-order valence-electron chi connectivity index (χ1n) is 5.69. The van der Waals surface area contributed by atoms with Crippen molar-refractivity contribution in [3.63, 3.8) is 0 Å². The molecule has 1 heterocycles. The normalized spacial score (nSPS) is 20.4. The van der Waals surface area contributed by atoms with E-state index in [9.17, 15) is 14.7 Å². The van der Waals surface area contributed by atoms with Gasteiger partial charge in [0.05, 0.1) is 5.56 Å². The van der Waals surface area contributed by atoms with Crippen LogP contribution in [0.2, 0.25) is 0 Å². The summed E-state index contributed by atoms with van der Waals surface area (Å²) in [6, 6.07) is 6.48. The Hall–Kier alpha value is -1.84. The van der Waals surface area contributed by atoms with E-state index < -0.39 is 0 Å². The molecule has 1 saturated heterocycles. The number of amides is 1. The topological polar surface area (TPSA) is 57.6 Å². The first kappa shape index (κ1) is 11.6. The molecule has 1 atom stereocenters. The molecule has 1 aliphatic heterocycles. The third-order valence-corrected chi connectivity index (χ3v) is 3.09. The lowest BCUT2D eigenvalue weighted by atomic mass is 9.98. The maximum absolute atomic E-state index is 12.1. The van der Waals surface area contributed by atoms with Crippen LogP contribution in [0, 0.1) is 5.92 Å². The summed E-state index contributed by atoms with van der Waals surface area (Å²) in [6.07, 6.45) is 0.403. The van der Waals surface area contributed by atoms with Gasteiger partial charge in [0.2, 0.25) is 0 Å². The molecule has 1 amide bonds. The Kier molecular flexibility index (Phi) is 3.13. The van der Waals surface area contributed by atoms with Crippen LogP contribution in [-0.4, -0.2) is 34.8 Å². The van der Waals surface area contributed by atoms with Crippen LogP contribution >= 0.6 is 0 Å². The average molecular weight is 233 g/mol. The molecule has 0 radical (unpaired) electrons. The quantitative estimate of drug-likeness (QED) is 0.798. The lowest BCUT2D eigenvalue weighted by Crippen LogP contribution is -2.43. The van der Waals surface area contributed by atoms with Crippen molar-refractivity contribution in [3.8, 4) is 5.75 Å². The summed E-state index contributed by atoms with van der Waals surface area (Å²) in [5, 5.41) is 9.62. The number of ketones is 1. The third kappa shape index (κ3) is 2.30. The van der Waals surface area contributed by atoms with Gasteiger partial charge in [-0.1, -0.05) is 19.1 Å². The number of rotatable bonds is 1. The Bertz CT molecular complexity index is 456. The standard InChI is InChI=1S/C13H15NO3/c1-9-8-14(7-6-11(9)15)13(17)10-4-2-3-5-12(10)16/h2-5,9,16H,6-8H2,1H3. The number of carbonyl (C=O) groups is 2. The highest BCUT2D eigenvalue weighted by Gasteiger charge is 2.28. The predicted octanol–water partition coefficient (Wildman–Crippen LogP) is 1.44. The molecular formula is C13H15NO3. The second-order valence-electron chi connectivity index (χ2n) is 4.39. The van der Waals surface area contributed by atoms with E-state index in [1.54, 1.807) is 23.1 Å². The van der Waals surface area contributed by atoms with Crippen molar-refractivity contribution in [2.45, 2.75) is 13.3 Å². The molecule has 0 bridgehead atoms.